The van der Waals surface area contributed by atoms with Crippen LogP contribution in [0, 0.1) is 5.82 Å². The molecule has 26 heavy (non-hydrogen) atoms. The summed E-state index contributed by atoms with van der Waals surface area (Å²) in [5.74, 6) is -0.603. The van der Waals surface area contributed by atoms with Crippen LogP contribution < -0.4 is 10.2 Å². The van der Waals surface area contributed by atoms with Crippen LogP contribution in [0.2, 0.25) is 0 Å². The number of para-hydroxylation sites is 1. The van der Waals surface area contributed by atoms with Crippen LogP contribution in [0.5, 0.6) is 0 Å². The molecule has 0 atom stereocenters. The van der Waals surface area contributed by atoms with Gasteiger partial charge in [0.1, 0.15) is 5.82 Å². The number of benzene rings is 2. The molecule has 0 bridgehead atoms. The number of aromatic nitrogens is 2. The van der Waals surface area contributed by atoms with Gasteiger partial charge in [-0.1, -0.05) is 18.2 Å². The average molecular weight is 354 g/mol. The predicted octanol–water partition coefficient (Wildman–Crippen LogP) is 2.72. The molecule has 7 heteroatoms. The summed E-state index contributed by atoms with van der Waals surface area (Å²) in [5.41, 5.74) is 2.74. The number of carbonyl (C=O) groups excluding carboxylic acids is 1. The molecule has 134 valence electrons. The van der Waals surface area contributed by atoms with Crippen molar-refractivity contribution in [2.45, 2.75) is 6.42 Å². The first-order chi connectivity index (χ1) is 12.7. The highest BCUT2D eigenvalue weighted by molar-refractivity contribution is 5.95. The number of nitrogens with zero attached hydrogens (tertiary/aromatic N) is 2. The maximum absolute atomic E-state index is 14.0. The van der Waals surface area contributed by atoms with Gasteiger partial charge >= 0.3 is 0 Å². The quantitative estimate of drug-likeness (QED) is 0.756. The highest BCUT2D eigenvalue weighted by Gasteiger charge is 2.15. The third-order valence-corrected chi connectivity index (χ3v) is 4.42. The van der Waals surface area contributed by atoms with E-state index in [4.69, 9.17) is 4.74 Å². The molecule has 4 rings (SSSR count). The standard InChI is InChI=1S/C19H19FN4O2/c20-13-9-14(11-15(10-13)24-5-7-26-8-6-24)21-19(25)12-18-16-3-1-2-4-17(16)22-23-18/h1-4,9-11H,5-8,12H2,(H,21,25)(H,22,23). The molecule has 0 saturated carbocycles. The first-order valence-electron chi connectivity index (χ1n) is 8.54. The minimum absolute atomic E-state index is 0.143. The lowest BCUT2D eigenvalue weighted by Gasteiger charge is -2.29. The smallest absolute Gasteiger partial charge is 0.230 e. The first kappa shape index (κ1) is 16.5. The molecule has 0 unspecified atom stereocenters. The van der Waals surface area contributed by atoms with Crippen molar-refractivity contribution in [3.63, 3.8) is 0 Å². The van der Waals surface area contributed by atoms with Gasteiger partial charge in [-0.15, -0.1) is 0 Å². The lowest BCUT2D eigenvalue weighted by molar-refractivity contribution is -0.115. The van der Waals surface area contributed by atoms with Gasteiger partial charge in [0.05, 0.1) is 30.8 Å². The number of nitrogens with one attached hydrogen (secondary N) is 2. The Morgan fingerprint density at radius 1 is 1.23 bits per heavy atom. The summed E-state index contributed by atoms with van der Waals surface area (Å²) in [5, 5.41) is 10.8. The second-order valence-electron chi connectivity index (χ2n) is 6.24. The Hall–Kier alpha value is -2.93. The van der Waals surface area contributed by atoms with Crippen molar-refractivity contribution in [1.29, 1.82) is 0 Å². The summed E-state index contributed by atoms with van der Waals surface area (Å²) in [6.45, 7) is 2.64. The van der Waals surface area contributed by atoms with E-state index >= 15 is 0 Å². The van der Waals surface area contributed by atoms with Gasteiger partial charge in [0, 0.05) is 29.9 Å². The third kappa shape index (κ3) is 3.52. The average Bonchev–Trinajstić information content (AvgIpc) is 3.05. The van der Waals surface area contributed by atoms with Crippen LogP contribution in [0.1, 0.15) is 5.69 Å². The highest BCUT2D eigenvalue weighted by Crippen LogP contribution is 2.23. The SMILES string of the molecule is O=C(Cc1[nH]nc2ccccc12)Nc1cc(F)cc(N2CCOCC2)c1. The zero-order valence-corrected chi connectivity index (χ0v) is 14.2. The number of fused-ring (bicyclic) bond motifs is 1. The summed E-state index contributed by atoms with van der Waals surface area (Å²) in [7, 11) is 0. The molecular formula is C19H19FN4O2. The molecule has 6 nitrogen and oxygen atoms in total. The Morgan fingerprint density at radius 2 is 2.04 bits per heavy atom. The van der Waals surface area contributed by atoms with Gasteiger partial charge in [0.2, 0.25) is 5.91 Å². The summed E-state index contributed by atoms with van der Waals surface area (Å²) in [6, 6.07) is 12.2. The second kappa shape index (κ2) is 7.13. The third-order valence-electron chi connectivity index (χ3n) is 4.42. The maximum atomic E-state index is 14.0. The van der Waals surface area contributed by atoms with E-state index in [2.05, 4.69) is 15.5 Å². The van der Waals surface area contributed by atoms with E-state index in [-0.39, 0.29) is 18.1 Å². The lowest BCUT2D eigenvalue weighted by Crippen LogP contribution is -2.36. The molecule has 1 fully saturated rings. The van der Waals surface area contributed by atoms with E-state index in [1.807, 2.05) is 29.2 Å². The van der Waals surface area contributed by atoms with Crippen molar-refractivity contribution in [2.24, 2.45) is 0 Å². The van der Waals surface area contributed by atoms with Crippen molar-refractivity contribution >= 4 is 28.2 Å². The summed E-state index contributed by atoms with van der Waals surface area (Å²) < 4.78 is 19.3. The van der Waals surface area contributed by atoms with Crippen LogP contribution in [0.4, 0.5) is 15.8 Å². The minimum Gasteiger partial charge on any atom is -0.378 e. The number of amides is 1. The van der Waals surface area contributed by atoms with Gasteiger partial charge in [-0.3, -0.25) is 9.89 Å². The zero-order valence-electron chi connectivity index (χ0n) is 14.2. The normalized spacial score (nSPS) is 14.6. The van der Waals surface area contributed by atoms with Crippen molar-refractivity contribution in [3.05, 3.63) is 54.0 Å². The molecule has 0 spiro atoms. The lowest BCUT2D eigenvalue weighted by atomic mass is 10.1. The number of hydrogen-bond donors (Lipinski definition) is 2. The fourth-order valence-electron chi connectivity index (χ4n) is 3.17. The van der Waals surface area contributed by atoms with E-state index < -0.39 is 0 Å². The summed E-state index contributed by atoms with van der Waals surface area (Å²) >= 11 is 0. The van der Waals surface area contributed by atoms with Gasteiger partial charge in [-0.25, -0.2) is 4.39 Å². The van der Waals surface area contributed by atoms with Crippen LogP contribution in [0.25, 0.3) is 10.9 Å². The fourth-order valence-corrected chi connectivity index (χ4v) is 3.17. The topological polar surface area (TPSA) is 70.2 Å². The van der Waals surface area contributed by atoms with Crippen molar-refractivity contribution in [2.75, 3.05) is 36.5 Å². The van der Waals surface area contributed by atoms with Crippen LogP contribution in [-0.2, 0) is 16.0 Å². The number of hydrogen-bond acceptors (Lipinski definition) is 4. The van der Waals surface area contributed by atoms with E-state index in [9.17, 15) is 9.18 Å². The van der Waals surface area contributed by atoms with Gasteiger partial charge in [0.25, 0.3) is 0 Å². The Balaban J connectivity index is 1.49. The van der Waals surface area contributed by atoms with E-state index in [0.29, 0.717) is 32.0 Å². The number of rotatable bonds is 4. The fraction of sp³-hybridized carbons (Fsp3) is 0.263. The van der Waals surface area contributed by atoms with Crippen LogP contribution in [0.15, 0.2) is 42.5 Å². The second-order valence-corrected chi connectivity index (χ2v) is 6.24. The molecule has 2 N–H and O–H groups in total. The molecule has 1 aliphatic heterocycles. The van der Waals surface area contributed by atoms with Gasteiger partial charge < -0.3 is 15.0 Å². The van der Waals surface area contributed by atoms with Crippen molar-refractivity contribution in [3.8, 4) is 0 Å². The Kier molecular flexibility index (Phi) is 4.53. The van der Waals surface area contributed by atoms with E-state index in [0.717, 1.165) is 22.3 Å². The molecular weight excluding hydrogens is 335 g/mol. The molecule has 0 aliphatic carbocycles. The molecule has 0 radical (unpaired) electrons. The van der Waals surface area contributed by atoms with E-state index in [1.54, 1.807) is 6.07 Å². The molecule has 1 saturated heterocycles. The van der Waals surface area contributed by atoms with Crippen LogP contribution in [-0.4, -0.2) is 42.4 Å². The molecule has 2 aromatic carbocycles. The molecule has 2 heterocycles. The molecule has 3 aromatic rings. The number of carbonyl (C=O) groups is 1. The predicted molar refractivity (Wildman–Crippen MR) is 97.9 cm³/mol. The van der Waals surface area contributed by atoms with Crippen LogP contribution in [0.3, 0.4) is 0 Å². The maximum Gasteiger partial charge on any atom is 0.230 e. The Morgan fingerprint density at radius 3 is 2.88 bits per heavy atom. The van der Waals surface area contributed by atoms with Crippen molar-refractivity contribution < 1.29 is 13.9 Å². The van der Waals surface area contributed by atoms with Crippen molar-refractivity contribution in [1.82, 2.24) is 10.2 Å². The monoisotopic (exact) mass is 354 g/mol. The number of anilines is 2. The number of halogens is 1. The van der Waals surface area contributed by atoms with Crippen LogP contribution >= 0.6 is 0 Å². The van der Waals surface area contributed by atoms with E-state index in [1.165, 1.54) is 12.1 Å². The number of aromatic amines is 1. The number of morpholine rings is 1. The summed E-state index contributed by atoms with van der Waals surface area (Å²) in [6.07, 6.45) is 0.143. The minimum atomic E-state index is -0.378. The van der Waals surface area contributed by atoms with Gasteiger partial charge in [-0.2, -0.15) is 5.10 Å². The molecule has 1 amide bonds. The zero-order chi connectivity index (χ0) is 17.9. The summed E-state index contributed by atoms with van der Waals surface area (Å²) in [4.78, 5) is 14.5. The number of ether oxygens (including phenoxy) is 1. The number of H-pyrrole nitrogens is 1. The molecule has 1 aromatic heterocycles. The molecule has 1 aliphatic rings. The Bertz CT molecular complexity index is 934. The Labute approximate surface area is 150 Å². The highest BCUT2D eigenvalue weighted by atomic mass is 19.1. The van der Waals surface area contributed by atoms with Gasteiger partial charge in [-0.05, 0) is 24.3 Å². The first-order valence-corrected chi connectivity index (χ1v) is 8.54. The largest absolute Gasteiger partial charge is 0.378 e. The van der Waals surface area contributed by atoms with Gasteiger partial charge in [0.15, 0.2) is 0 Å².